The van der Waals surface area contributed by atoms with E-state index in [1.54, 1.807) is 13.8 Å². The third-order valence-corrected chi connectivity index (χ3v) is 4.60. The van der Waals surface area contributed by atoms with Crippen molar-refractivity contribution >= 4 is 29.4 Å². The Morgan fingerprint density at radius 1 is 1.19 bits per heavy atom. The highest BCUT2D eigenvalue weighted by atomic mass is 19.4. The lowest BCUT2D eigenvalue weighted by atomic mass is 10.1. The van der Waals surface area contributed by atoms with Crippen molar-refractivity contribution in [3.8, 4) is 0 Å². The number of hydrogen-bond acceptors (Lipinski definition) is 7. The number of carbonyl (C=O) groups is 3. The summed E-state index contributed by atoms with van der Waals surface area (Å²) < 4.78 is 50.3. The van der Waals surface area contributed by atoms with Crippen molar-refractivity contribution in [2.24, 2.45) is 0 Å². The standard InChI is InChI=1S/C20H21F3N4O5/c1-3-31-18(29)12-4-6-13(7-5-12)25-17(28)10-32-19(30)14-9-16-24-11(2)8-15(20(21,22)23)27(16)26-14/h4-7,9,11,15,24H,3,8,10H2,1-2H3,(H,25,28)/t11-,15+/m0/s1. The number of anilines is 2. The Balaban J connectivity index is 1.58. The number of rotatable bonds is 6. The first-order valence-corrected chi connectivity index (χ1v) is 9.75. The minimum absolute atomic E-state index is 0.0455. The van der Waals surface area contributed by atoms with Crippen LogP contribution in [-0.2, 0) is 14.3 Å². The molecule has 2 N–H and O–H groups in total. The quantitative estimate of drug-likeness (QED) is 0.645. The number of esters is 2. The maximum atomic E-state index is 13.3. The van der Waals surface area contributed by atoms with E-state index in [2.05, 4.69) is 15.7 Å². The maximum absolute atomic E-state index is 13.3. The first-order valence-electron chi connectivity index (χ1n) is 9.75. The first-order chi connectivity index (χ1) is 15.1. The summed E-state index contributed by atoms with van der Waals surface area (Å²) in [6.45, 7) is 2.83. The second kappa shape index (κ2) is 9.28. The van der Waals surface area contributed by atoms with Crippen molar-refractivity contribution in [2.45, 2.75) is 38.5 Å². The Bertz CT molecular complexity index is 1000. The Labute approximate surface area is 180 Å². The smallest absolute Gasteiger partial charge is 0.410 e. The molecule has 9 nitrogen and oxygen atoms in total. The highest BCUT2D eigenvalue weighted by Crippen LogP contribution is 2.39. The lowest BCUT2D eigenvalue weighted by molar-refractivity contribution is -0.173. The van der Waals surface area contributed by atoms with Gasteiger partial charge in [-0.3, -0.25) is 4.79 Å². The predicted molar refractivity (Wildman–Crippen MR) is 106 cm³/mol. The molecule has 2 heterocycles. The second-order valence-electron chi connectivity index (χ2n) is 7.12. The van der Waals surface area contributed by atoms with Gasteiger partial charge in [-0.05, 0) is 44.5 Å². The van der Waals surface area contributed by atoms with Crippen LogP contribution in [0.5, 0.6) is 0 Å². The van der Waals surface area contributed by atoms with Crippen LogP contribution in [0.2, 0.25) is 0 Å². The summed E-state index contributed by atoms with van der Waals surface area (Å²) in [5, 5.41) is 9.03. The zero-order chi connectivity index (χ0) is 23.5. The van der Waals surface area contributed by atoms with Crippen LogP contribution in [-0.4, -0.2) is 53.1 Å². The zero-order valence-electron chi connectivity index (χ0n) is 17.2. The third kappa shape index (κ3) is 5.37. The molecule has 0 saturated carbocycles. The van der Waals surface area contributed by atoms with Gasteiger partial charge in [-0.15, -0.1) is 0 Å². The lowest BCUT2D eigenvalue weighted by Crippen LogP contribution is -2.37. The number of halogens is 3. The predicted octanol–water partition coefficient (Wildman–Crippen LogP) is 3.16. The fourth-order valence-electron chi connectivity index (χ4n) is 3.16. The minimum Gasteiger partial charge on any atom is -0.462 e. The molecular weight excluding hydrogens is 433 g/mol. The van der Waals surface area contributed by atoms with E-state index < -0.39 is 42.7 Å². The van der Waals surface area contributed by atoms with Gasteiger partial charge in [0, 0.05) is 17.8 Å². The van der Waals surface area contributed by atoms with Crippen molar-refractivity contribution in [3.05, 3.63) is 41.6 Å². The number of hydrogen-bond donors (Lipinski definition) is 2. The lowest BCUT2D eigenvalue weighted by Gasteiger charge is -2.31. The van der Waals surface area contributed by atoms with Crippen LogP contribution >= 0.6 is 0 Å². The van der Waals surface area contributed by atoms with Crippen molar-refractivity contribution < 1.29 is 37.0 Å². The number of amides is 1. The molecule has 0 spiro atoms. The molecule has 0 radical (unpaired) electrons. The van der Waals surface area contributed by atoms with E-state index >= 15 is 0 Å². The third-order valence-electron chi connectivity index (χ3n) is 4.60. The van der Waals surface area contributed by atoms with Crippen LogP contribution in [0.4, 0.5) is 24.7 Å². The summed E-state index contributed by atoms with van der Waals surface area (Å²) in [5.74, 6) is -2.16. The van der Waals surface area contributed by atoms with Gasteiger partial charge in [-0.1, -0.05) is 0 Å². The summed E-state index contributed by atoms with van der Waals surface area (Å²) in [4.78, 5) is 35.8. The molecule has 0 saturated heterocycles. The minimum atomic E-state index is -4.53. The van der Waals surface area contributed by atoms with Crippen LogP contribution in [0.15, 0.2) is 30.3 Å². The molecule has 1 aromatic carbocycles. The summed E-state index contributed by atoms with van der Waals surface area (Å²) in [6, 6.07) is 4.69. The molecule has 0 bridgehead atoms. The fourth-order valence-corrected chi connectivity index (χ4v) is 3.16. The molecule has 1 aromatic heterocycles. The Kier molecular flexibility index (Phi) is 6.70. The van der Waals surface area contributed by atoms with Gasteiger partial charge in [-0.25, -0.2) is 14.3 Å². The van der Waals surface area contributed by atoms with Crippen LogP contribution in [0.25, 0.3) is 0 Å². The number of alkyl halides is 3. The number of fused-ring (bicyclic) bond motifs is 1. The average molecular weight is 454 g/mol. The normalized spacial score (nSPS) is 17.7. The molecule has 0 unspecified atom stereocenters. The Hall–Kier alpha value is -3.57. The molecule has 0 fully saturated rings. The monoisotopic (exact) mass is 454 g/mol. The van der Waals surface area contributed by atoms with Gasteiger partial charge in [0.15, 0.2) is 18.3 Å². The van der Waals surface area contributed by atoms with E-state index in [1.165, 1.54) is 24.3 Å². The van der Waals surface area contributed by atoms with Crippen molar-refractivity contribution in [1.82, 2.24) is 9.78 Å². The van der Waals surface area contributed by atoms with Crippen molar-refractivity contribution in [1.29, 1.82) is 0 Å². The van der Waals surface area contributed by atoms with Crippen LogP contribution in [0.1, 0.15) is 47.2 Å². The van der Waals surface area contributed by atoms with E-state index in [0.29, 0.717) is 15.9 Å². The number of carbonyl (C=O) groups excluding carboxylic acids is 3. The topological polar surface area (TPSA) is 112 Å². The van der Waals surface area contributed by atoms with E-state index in [0.717, 1.165) is 6.07 Å². The molecule has 3 rings (SSSR count). The van der Waals surface area contributed by atoms with E-state index in [1.807, 2.05) is 0 Å². The summed E-state index contributed by atoms with van der Waals surface area (Å²) in [5.41, 5.74) is 0.310. The molecule has 1 aliphatic rings. The molecule has 0 aliphatic carbocycles. The summed E-state index contributed by atoms with van der Waals surface area (Å²) >= 11 is 0. The van der Waals surface area contributed by atoms with Gasteiger partial charge in [0.25, 0.3) is 5.91 Å². The van der Waals surface area contributed by atoms with E-state index in [-0.39, 0.29) is 24.5 Å². The van der Waals surface area contributed by atoms with Crippen LogP contribution in [0, 0.1) is 0 Å². The van der Waals surface area contributed by atoms with Crippen LogP contribution in [0.3, 0.4) is 0 Å². The number of ether oxygens (including phenoxy) is 2. The van der Waals surface area contributed by atoms with Crippen molar-refractivity contribution in [2.75, 3.05) is 23.8 Å². The van der Waals surface area contributed by atoms with Gasteiger partial charge in [0.1, 0.15) is 5.82 Å². The van der Waals surface area contributed by atoms with Gasteiger partial charge in [-0.2, -0.15) is 18.3 Å². The van der Waals surface area contributed by atoms with Crippen molar-refractivity contribution in [3.63, 3.8) is 0 Å². The summed E-state index contributed by atoms with van der Waals surface area (Å²) in [7, 11) is 0. The van der Waals surface area contributed by atoms with E-state index in [4.69, 9.17) is 9.47 Å². The number of nitrogens with zero attached hydrogens (tertiary/aromatic N) is 2. The Morgan fingerprint density at radius 2 is 1.88 bits per heavy atom. The fraction of sp³-hybridized carbons (Fsp3) is 0.400. The van der Waals surface area contributed by atoms with Gasteiger partial charge < -0.3 is 20.1 Å². The molecule has 12 heteroatoms. The number of benzene rings is 1. The molecule has 2 atom stereocenters. The highest BCUT2D eigenvalue weighted by Gasteiger charge is 2.45. The van der Waals surface area contributed by atoms with Crippen LogP contribution < -0.4 is 10.6 Å². The molecule has 1 amide bonds. The highest BCUT2D eigenvalue weighted by molar-refractivity contribution is 5.96. The molecule has 32 heavy (non-hydrogen) atoms. The first kappa shape index (κ1) is 23.1. The van der Waals surface area contributed by atoms with Gasteiger partial charge in [0.05, 0.1) is 12.2 Å². The second-order valence-corrected chi connectivity index (χ2v) is 7.12. The largest absolute Gasteiger partial charge is 0.462 e. The number of aromatic nitrogens is 2. The Morgan fingerprint density at radius 3 is 2.50 bits per heavy atom. The molecule has 2 aromatic rings. The average Bonchev–Trinajstić information content (AvgIpc) is 3.15. The SMILES string of the molecule is CCOC(=O)c1ccc(NC(=O)COC(=O)c2cc3n(n2)[C@@H](C(F)(F)F)C[C@H](C)N3)cc1. The van der Waals surface area contributed by atoms with E-state index in [9.17, 15) is 27.6 Å². The van der Waals surface area contributed by atoms with Gasteiger partial charge >= 0.3 is 18.1 Å². The maximum Gasteiger partial charge on any atom is 0.410 e. The molecular formula is C20H21F3N4O5. The summed E-state index contributed by atoms with van der Waals surface area (Å²) in [6.07, 6.45) is -4.76. The van der Waals surface area contributed by atoms with Gasteiger partial charge in [0.2, 0.25) is 0 Å². The molecule has 1 aliphatic heterocycles. The zero-order valence-corrected chi connectivity index (χ0v) is 17.2. The molecule has 172 valence electrons. The number of nitrogens with one attached hydrogen (secondary N) is 2.